The SMILES string of the molecule is O=C(O)c1cncc(C(=O)Cc2cnc(OCC(F)(F)F)c(-c3ccc(Cl)cc3)c2)c1. The van der Waals surface area contributed by atoms with E-state index in [2.05, 4.69) is 9.97 Å². The highest BCUT2D eigenvalue weighted by Crippen LogP contribution is 2.31. The van der Waals surface area contributed by atoms with E-state index in [1.54, 1.807) is 24.3 Å². The Labute approximate surface area is 179 Å². The van der Waals surface area contributed by atoms with Crippen LogP contribution in [-0.4, -0.2) is 39.6 Å². The molecule has 1 aromatic carbocycles. The first-order valence-corrected chi connectivity index (χ1v) is 9.16. The molecule has 6 nitrogen and oxygen atoms in total. The number of ketones is 1. The predicted molar refractivity (Wildman–Crippen MR) is 105 cm³/mol. The lowest BCUT2D eigenvalue weighted by molar-refractivity contribution is -0.154. The van der Waals surface area contributed by atoms with Crippen molar-refractivity contribution in [3.8, 4) is 17.0 Å². The average molecular weight is 451 g/mol. The van der Waals surface area contributed by atoms with E-state index in [1.165, 1.54) is 24.5 Å². The zero-order chi connectivity index (χ0) is 22.6. The molecule has 2 aromatic heterocycles. The van der Waals surface area contributed by atoms with Gasteiger partial charge in [-0.2, -0.15) is 13.2 Å². The molecule has 3 aromatic rings. The summed E-state index contributed by atoms with van der Waals surface area (Å²) < 4.78 is 42.6. The summed E-state index contributed by atoms with van der Waals surface area (Å²) in [5.74, 6) is -1.89. The topological polar surface area (TPSA) is 89.4 Å². The van der Waals surface area contributed by atoms with Gasteiger partial charge in [0.05, 0.1) is 5.56 Å². The lowest BCUT2D eigenvalue weighted by Gasteiger charge is -2.14. The van der Waals surface area contributed by atoms with E-state index in [0.29, 0.717) is 16.1 Å². The van der Waals surface area contributed by atoms with Gasteiger partial charge in [-0.05, 0) is 35.4 Å². The fourth-order valence-corrected chi connectivity index (χ4v) is 2.82. The number of pyridine rings is 2. The fourth-order valence-electron chi connectivity index (χ4n) is 2.69. The number of benzene rings is 1. The lowest BCUT2D eigenvalue weighted by Crippen LogP contribution is -2.20. The molecular formula is C21H14ClF3N2O4. The van der Waals surface area contributed by atoms with Gasteiger partial charge in [-0.15, -0.1) is 0 Å². The largest absolute Gasteiger partial charge is 0.478 e. The molecule has 10 heteroatoms. The molecule has 0 aliphatic rings. The van der Waals surface area contributed by atoms with Crippen LogP contribution in [0.2, 0.25) is 5.02 Å². The molecule has 0 radical (unpaired) electrons. The van der Waals surface area contributed by atoms with E-state index in [9.17, 15) is 22.8 Å². The number of ether oxygens (including phenoxy) is 1. The van der Waals surface area contributed by atoms with E-state index in [0.717, 1.165) is 6.20 Å². The average Bonchev–Trinajstić information content (AvgIpc) is 2.73. The van der Waals surface area contributed by atoms with Crippen LogP contribution in [0.1, 0.15) is 26.3 Å². The van der Waals surface area contributed by atoms with Crippen molar-refractivity contribution in [1.29, 1.82) is 0 Å². The highest BCUT2D eigenvalue weighted by molar-refractivity contribution is 6.30. The molecule has 3 rings (SSSR count). The van der Waals surface area contributed by atoms with Gasteiger partial charge in [0.15, 0.2) is 12.4 Å². The van der Waals surface area contributed by atoms with Gasteiger partial charge in [0, 0.05) is 41.2 Å². The molecule has 31 heavy (non-hydrogen) atoms. The van der Waals surface area contributed by atoms with Crippen LogP contribution in [0.25, 0.3) is 11.1 Å². The van der Waals surface area contributed by atoms with Crippen molar-refractivity contribution in [3.63, 3.8) is 0 Å². The summed E-state index contributed by atoms with van der Waals surface area (Å²) in [7, 11) is 0. The summed E-state index contributed by atoms with van der Waals surface area (Å²) in [6.45, 7) is -1.52. The predicted octanol–water partition coefficient (Wildman–Crippen LogP) is 4.86. The molecule has 0 saturated heterocycles. The van der Waals surface area contributed by atoms with E-state index in [4.69, 9.17) is 21.4 Å². The number of hydrogen-bond acceptors (Lipinski definition) is 5. The molecule has 0 aliphatic carbocycles. The van der Waals surface area contributed by atoms with Crippen LogP contribution in [0, 0.1) is 0 Å². The number of hydrogen-bond donors (Lipinski definition) is 1. The fraction of sp³-hybridized carbons (Fsp3) is 0.143. The van der Waals surface area contributed by atoms with Crippen LogP contribution in [0.3, 0.4) is 0 Å². The third-order valence-electron chi connectivity index (χ3n) is 4.11. The number of Topliss-reactive ketones (excluding diaryl/α,β-unsaturated/α-hetero) is 1. The normalized spacial score (nSPS) is 11.2. The Morgan fingerprint density at radius 1 is 1.03 bits per heavy atom. The second kappa shape index (κ2) is 9.13. The van der Waals surface area contributed by atoms with E-state index < -0.39 is 24.5 Å². The van der Waals surface area contributed by atoms with Crippen LogP contribution >= 0.6 is 11.6 Å². The summed E-state index contributed by atoms with van der Waals surface area (Å²) >= 11 is 5.87. The molecular weight excluding hydrogens is 437 g/mol. The van der Waals surface area contributed by atoms with Crippen LogP contribution in [0.4, 0.5) is 13.2 Å². The maximum atomic E-state index is 12.6. The molecule has 0 bridgehead atoms. The summed E-state index contributed by atoms with van der Waals surface area (Å²) in [6.07, 6.45) is -1.12. The highest BCUT2D eigenvalue weighted by atomic mass is 35.5. The van der Waals surface area contributed by atoms with Crippen LogP contribution in [-0.2, 0) is 6.42 Å². The number of carboxylic acid groups (broad SMARTS) is 1. The van der Waals surface area contributed by atoms with Gasteiger partial charge in [0.1, 0.15) is 0 Å². The summed E-state index contributed by atoms with van der Waals surface area (Å²) in [4.78, 5) is 31.3. The molecule has 0 fully saturated rings. The van der Waals surface area contributed by atoms with E-state index in [-0.39, 0.29) is 29.0 Å². The summed E-state index contributed by atoms with van der Waals surface area (Å²) in [5, 5.41) is 9.47. The standard InChI is InChI=1S/C21H14ClF3N2O4/c22-16-3-1-13(2-4-16)17-5-12(8-27-19(17)31-11-21(23,24)25)6-18(28)14-7-15(20(29)30)10-26-9-14/h1-5,7-10H,6,11H2,(H,29,30). The molecule has 0 saturated carbocycles. The Morgan fingerprint density at radius 2 is 1.71 bits per heavy atom. The van der Waals surface area contributed by atoms with Gasteiger partial charge in [-0.1, -0.05) is 23.7 Å². The van der Waals surface area contributed by atoms with Crippen molar-refractivity contribution in [2.24, 2.45) is 0 Å². The first-order valence-electron chi connectivity index (χ1n) is 8.78. The number of nitrogens with zero attached hydrogens (tertiary/aromatic N) is 2. The Kier molecular flexibility index (Phi) is 6.55. The van der Waals surface area contributed by atoms with Crippen LogP contribution < -0.4 is 4.74 Å². The van der Waals surface area contributed by atoms with E-state index in [1.807, 2.05) is 0 Å². The van der Waals surface area contributed by atoms with Crippen molar-refractivity contribution < 1.29 is 32.6 Å². The van der Waals surface area contributed by atoms with Crippen LogP contribution in [0.15, 0.2) is 55.0 Å². The minimum absolute atomic E-state index is 0.0883. The Hall–Kier alpha value is -3.46. The molecule has 0 amide bonds. The maximum Gasteiger partial charge on any atom is 0.422 e. The van der Waals surface area contributed by atoms with Gasteiger partial charge in [-0.25, -0.2) is 9.78 Å². The zero-order valence-electron chi connectivity index (χ0n) is 15.7. The molecule has 2 heterocycles. The second-order valence-electron chi connectivity index (χ2n) is 6.47. The van der Waals surface area contributed by atoms with Crippen LogP contribution in [0.5, 0.6) is 5.88 Å². The number of halogens is 4. The number of carbonyl (C=O) groups excluding carboxylic acids is 1. The number of carbonyl (C=O) groups is 2. The number of carboxylic acids is 1. The lowest BCUT2D eigenvalue weighted by atomic mass is 10.0. The Balaban J connectivity index is 1.91. The van der Waals surface area contributed by atoms with Crippen molar-refractivity contribution in [1.82, 2.24) is 9.97 Å². The molecule has 160 valence electrons. The maximum absolute atomic E-state index is 12.6. The van der Waals surface area contributed by atoms with Gasteiger partial charge < -0.3 is 9.84 Å². The number of aromatic carboxylic acids is 1. The van der Waals surface area contributed by atoms with Gasteiger partial charge in [0.25, 0.3) is 0 Å². The van der Waals surface area contributed by atoms with Crippen molar-refractivity contribution in [2.75, 3.05) is 6.61 Å². The van der Waals surface area contributed by atoms with Gasteiger partial charge in [-0.3, -0.25) is 9.78 Å². The molecule has 0 aliphatic heterocycles. The highest BCUT2D eigenvalue weighted by Gasteiger charge is 2.29. The van der Waals surface area contributed by atoms with Gasteiger partial charge >= 0.3 is 12.1 Å². The molecule has 1 N–H and O–H groups in total. The Morgan fingerprint density at radius 3 is 2.35 bits per heavy atom. The summed E-state index contributed by atoms with van der Waals surface area (Å²) in [5.41, 5.74) is 1.10. The molecule has 0 atom stereocenters. The smallest absolute Gasteiger partial charge is 0.422 e. The number of rotatable bonds is 7. The molecule has 0 spiro atoms. The third-order valence-corrected chi connectivity index (χ3v) is 4.36. The van der Waals surface area contributed by atoms with E-state index >= 15 is 0 Å². The number of alkyl halides is 3. The monoisotopic (exact) mass is 450 g/mol. The number of aromatic nitrogens is 2. The zero-order valence-corrected chi connectivity index (χ0v) is 16.4. The first kappa shape index (κ1) is 22.2. The Bertz CT molecular complexity index is 1120. The summed E-state index contributed by atoms with van der Waals surface area (Å²) in [6, 6.07) is 8.99. The quantitative estimate of drug-likeness (QED) is 0.517. The minimum Gasteiger partial charge on any atom is -0.478 e. The van der Waals surface area contributed by atoms with Crippen molar-refractivity contribution in [2.45, 2.75) is 12.6 Å². The first-order chi connectivity index (χ1) is 14.6. The third kappa shape index (κ3) is 6.02. The van der Waals surface area contributed by atoms with Crippen molar-refractivity contribution >= 4 is 23.4 Å². The van der Waals surface area contributed by atoms with Gasteiger partial charge in [0.2, 0.25) is 5.88 Å². The van der Waals surface area contributed by atoms with Crippen molar-refractivity contribution in [3.05, 3.63) is 76.7 Å². The second-order valence-corrected chi connectivity index (χ2v) is 6.91. The molecule has 0 unspecified atom stereocenters. The minimum atomic E-state index is -4.55.